The number of hydrogen-bond donors (Lipinski definition) is 2. The average Bonchev–Trinajstić information content (AvgIpc) is 2.17. The molecule has 2 rings (SSSR count). The minimum absolute atomic E-state index is 0.271. The fourth-order valence-electron chi connectivity index (χ4n) is 1.21. The van der Waals surface area contributed by atoms with Gasteiger partial charge >= 0.3 is 5.69 Å². The molecule has 0 aromatic carbocycles. The van der Waals surface area contributed by atoms with Gasteiger partial charge in [0.25, 0.3) is 0 Å². The van der Waals surface area contributed by atoms with E-state index in [0.29, 0.717) is 11.5 Å². The van der Waals surface area contributed by atoms with Crippen molar-refractivity contribution in [2.75, 3.05) is 11.5 Å². The number of nitrogen functional groups attached to an aromatic ring is 2. The third-order valence-electron chi connectivity index (χ3n) is 1.88. The van der Waals surface area contributed by atoms with E-state index in [-0.39, 0.29) is 5.82 Å². The molecule has 0 radical (unpaired) electrons. The molecular weight excluding hydrogens is 194 g/mol. The molecule has 0 amide bonds. The van der Waals surface area contributed by atoms with Crippen molar-refractivity contribution in [2.24, 2.45) is 0 Å². The Hall–Kier alpha value is -2.37. The Labute approximate surface area is 85.2 Å². The normalized spacial score (nSPS) is 10.1. The molecule has 0 spiro atoms. The van der Waals surface area contributed by atoms with E-state index in [0.717, 1.165) is 0 Å². The third kappa shape index (κ3) is 1.64. The number of hydrogen-bond acceptors (Lipinski definition) is 5. The number of pyridine rings is 1. The van der Waals surface area contributed by atoms with Crippen LogP contribution in [0.15, 0.2) is 35.4 Å². The molecule has 6 nitrogen and oxygen atoms in total. The maximum Gasteiger partial charge on any atom is 0.354 e. The van der Waals surface area contributed by atoms with E-state index in [1.807, 2.05) is 0 Å². The number of anilines is 2. The zero-order chi connectivity index (χ0) is 10.8. The summed E-state index contributed by atoms with van der Waals surface area (Å²) in [5.41, 5.74) is 11.3. The molecule has 4 N–H and O–H groups in total. The number of nitrogens with zero attached hydrogens (tertiary/aromatic N) is 3. The first-order chi connectivity index (χ1) is 7.18. The van der Waals surface area contributed by atoms with Crippen LogP contribution in [0.4, 0.5) is 11.5 Å². The molecule has 2 aromatic rings. The average molecular weight is 203 g/mol. The largest absolute Gasteiger partial charge is 0.399 e. The van der Waals surface area contributed by atoms with Crippen LogP contribution in [-0.4, -0.2) is 14.5 Å². The lowest BCUT2D eigenvalue weighted by atomic mass is 10.4. The molecule has 15 heavy (non-hydrogen) atoms. The smallest absolute Gasteiger partial charge is 0.354 e. The van der Waals surface area contributed by atoms with Crippen LogP contribution in [0, 0.1) is 0 Å². The molecule has 6 heteroatoms. The van der Waals surface area contributed by atoms with Crippen LogP contribution in [0.25, 0.3) is 5.82 Å². The van der Waals surface area contributed by atoms with Gasteiger partial charge in [0.05, 0.1) is 0 Å². The van der Waals surface area contributed by atoms with Gasteiger partial charge in [-0.1, -0.05) is 0 Å². The van der Waals surface area contributed by atoms with E-state index in [1.165, 1.54) is 23.0 Å². The van der Waals surface area contributed by atoms with E-state index in [2.05, 4.69) is 9.97 Å². The second-order valence-electron chi connectivity index (χ2n) is 2.94. The van der Waals surface area contributed by atoms with E-state index < -0.39 is 5.69 Å². The van der Waals surface area contributed by atoms with Crippen LogP contribution in [-0.2, 0) is 0 Å². The molecule has 0 bridgehead atoms. The molecule has 0 aliphatic heterocycles. The molecule has 0 fully saturated rings. The molecule has 0 aliphatic rings. The van der Waals surface area contributed by atoms with Gasteiger partial charge in [-0.05, 0) is 12.1 Å². The first kappa shape index (κ1) is 9.20. The lowest BCUT2D eigenvalue weighted by Crippen LogP contribution is -2.24. The molecule has 0 unspecified atom stereocenters. The molecule has 0 saturated carbocycles. The van der Waals surface area contributed by atoms with Crippen molar-refractivity contribution in [3.63, 3.8) is 0 Å². The van der Waals surface area contributed by atoms with Crippen LogP contribution in [0.1, 0.15) is 0 Å². The molecule has 0 aliphatic carbocycles. The first-order valence-corrected chi connectivity index (χ1v) is 4.24. The summed E-state index contributed by atoms with van der Waals surface area (Å²) in [6.07, 6.45) is 2.85. The highest BCUT2D eigenvalue weighted by atomic mass is 16.1. The van der Waals surface area contributed by atoms with Crippen molar-refractivity contribution >= 4 is 11.5 Å². The van der Waals surface area contributed by atoms with Gasteiger partial charge in [-0.25, -0.2) is 19.3 Å². The fourth-order valence-corrected chi connectivity index (χ4v) is 1.21. The Morgan fingerprint density at radius 3 is 2.53 bits per heavy atom. The number of nitrogens with two attached hydrogens (primary N) is 2. The van der Waals surface area contributed by atoms with Crippen molar-refractivity contribution in [1.29, 1.82) is 0 Å². The van der Waals surface area contributed by atoms with E-state index in [9.17, 15) is 4.79 Å². The van der Waals surface area contributed by atoms with Gasteiger partial charge in [0.2, 0.25) is 0 Å². The topological polar surface area (TPSA) is 99.8 Å². The number of rotatable bonds is 1. The van der Waals surface area contributed by atoms with Crippen LogP contribution in [0.2, 0.25) is 0 Å². The second kappa shape index (κ2) is 3.41. The van der Waals surface area contributed by atoms with Crippen LogP contribution in [0.5, 0.6) is 0 Å². The highest BCUT2D eigenvalue weighted by molar-refractivity contribution is 5.46. The van der Waals surface area contributed by atoms with Crippen LogP contribution in [0.3, 0.4) is 0 Å². The van der Waals surface area contributed by atoms with Crippen LogP contribution >= 0.6 is 0 Å². The Morgan fingerprint density at radius 2 is 1.87 bits per heavy atom. The maximum absolute atomic E-state index is 11.4. The van der Waals surface area contributed by atoms with Crippen molar-refractivity contribution in [3.05, 3.63) is 41.1 Å². The summed E-state index contributed by atoms with van der Waals surface area (Å²) >= 11 is 0. The minimum Gasteiger partial charge on any atom is -0.399 e. The fraction of sp³-hybridized carbons (Fsp3) is 0. The Kier molecular flexibility index (Phi) is 2.09. The molecule has 0 saturated heterocycles. The minimum atomic E-state index is -0.479. The monoisotopic (exact) mass is 203 g/mol. The van der Waals surface area contributed by atoms with E-state index in [4.69, 9.17) is 11.5 Å². The summed E-state index contributed by atoms with van der Waals surface area (Å²) in [6.45, 7) is 0. The van der Waals surface area contributed by atoms with Gasteiger partial charge in [-0.3, -0.25) is 0 Å². The Balaban J connectivity index is 2.69. The highest BCUT2D eigenvalue weighted by Crippen LogP contribution is 2.09. The summed E-state index contributed by atoms with van der Waals surface area (Å²) in [6, 6.07) is 4.70. The summed E-state index contributed by atoms with van der Waals surface area (Å²) in [5, 5.41) is 0. The summed E-state index contributed by atoms with van der Waals surface area (Å²) in [7, 11) is 0. The SMILES string of the molecule is Nc1ccnc(-n2c(N)ccnc2=O)c1. The molecule has 2 heterocycles. The van der Waals surface area contributed by atoms with Gasteiger partial charge in [0.15, 0.2) is 0 Å². The van der Waals surface area contributed by atoms with Gasteiger partial charge in [0.1, 0.15) is 11.6 Å². The van der Waals surface area contributed by atoms with Gasteiger partial charge in [-0.2, -0.15) is 0 Å². The van der Waals surface area contributed by atoms with Crippen molar-refractivity contribution in [1.82, 2.24) is 14.5 Å². The molecule has 2 aromatic heterocycles. The molecule has 0 atom stereocenters. The molecule has 76 valence electrons. The lowest BCUT2D eigenvalue weighted by Gasteiger charge is -2.06. The van der Waals surface area contributed by atoms with Gasteiger partial charge in [0, 0.05) is 24.1 Å². The quantitative estimate of drug-likeness (QED) is 0.668. The predicted octanol–water partition coefficient (Wildman–Crippen LogP) is -0.208. The summed E-state index contributed by atoms with van der Waals surface area (Å²) in [4.78, 5) is 19.0. The predicted molar refractivity (Wildman–Crippen MR) is 56.5 cm³/mol. The first-order valence-electron chi connectivity index (χ1n) is 4.24. The Morgan fingerprint density at radius 1 is 1.13 bits per heavy atom. The maximum atomic E-state index is 11.4. The van der Waals surface area contributed by atoms with Gasteiger partial charge in [-0.15, -0.1) is 0 Å². The van der Waals surface area contributed by atoms with Crippen molar-refractivity contribution in [3.8, 4) is 5.82 Å². The Bertz CT molecular complexity index is 548. The lowest BCUT2D eigenvalue weighted by molar-refractivity contribution is 0.894. The zero-order valence-electron chi connectivity index (χ0n) is 7.79. The highest BCUT2D eigenvalue weighted by Gasteiger charge is 2.05. The second-order valence-corrected chi connectivity index (χ2v) is 2.94. The van der Waals surface area contributed by atoms with Crippen LogP contribution < -0.4 is 17.2 Å². The summed E-state index contributed by atoms with van der Waals surface area (Å²) in [5.74, 6) is 0.638. The van der Waals surface area contributed by atoms with Crippen molar-refractivity contribution < 1.29 is 0 Å². The van der Waals surface area contributed by atoms with Crippen molar-refractivity contribution in [2.45, 2.75) is 0 Å². The summed E-state index contributed by atoms with van der Waals surface area (Å²) < 4.78 is 1.19. The molecular formula is C9H9N5O. The van der Waals surface area contributed by atoms with E-state index in [1.54, 1.807) is 12.1 Å². The van der Waals surface area contributed by atoms with E-state index >= 15 is 0 Å². The van der Waals surface area contributed by atoms with Gasteiger partial charge < -0.3 is 11.5 Å². The third-order valence-corrected chi connectivity index (χ3v) is 1.88. The zero-order valence-corrected chi connectivity index (χ0v) is 7.79. The number of aromatic nitrogens is 3. The standard InChI is InChI=1S/C9H9N5O/c10-6-1-3-12-8(5-6)14-7(11)2-4-13-9(14)15/h1-5H,11H2,(H2,10,12).